The van der Waals surface area contributed by atoms with E-state index in [4.69, 9.17) is 10.8 Å². The SMILES string of the molecule is Nc1cc(Br)ccc1C(=O)NCc1ccc(C(=O)O)cc1. The highest BCUT2D eigenvalue weighted by atomic mass is 79.9. The maximum absolute atomic E-state index is 12.0. The van der Waals surface area contributed by atoms with Gasteiger partial charge in [-0.05, 0) is 35.9 Å². The van der Waals surface area contributed by atoms with Gasteiger partial charge in [-0.2, -0.15) is 0 Å². The summed E-state index contributed by atoms with van der Waals surface area (Å²) >= 11 is 3.28. The number of amides is 1. The number of carboxylic acids is 1. The molecule has 6 heteroatoms. The normalized spacial score (nSPS) is 10.1. The highest BCUT2D eigenvalue weighted by Gasteiger charge is 2.09. The minimum absolute atomic E-state index is 0.210. The first kappa shape index (κ1) is 15.1. The minimum atomic E-state index is -0.978. The summed E-state index contributed by atoms with van der Waals surface area (Å²) in [5.41, 5.74) is 7.60. The maximum Gasteiger partial charge on any atom is 0.335 e. The second-order valence-corrected chi connectivity index (χ2v) is 5.33. The molecule has 108 valence electrons. The van der Waals surface area contributed by atoms with E-state index in [1.54, 1.807) is 30.3 Å². The zero-order valence-electron chi connectivity index (χ0n) is 11.0. The fourth-order valence-corrected chi connectivity index (χ4v) is 2.16. The average molecular weight is 349 g/mol. The summed E-state index contributed by atoms with van der Waals surface area (Å²) < 4.78 is 0.806. The molecule has 0 aromatic heterocycles. The number of anilines is 1. The first-order valence-corrected chi connectivity index (χ1v) is 6.92. The van der Waals surface area contributed by atoms with Crippen molar-refractivity contribution in [3.63, 3.8) is 0 Å². The molecule has 2 aromatic rings. The molecule has 0 unspecified atom stereocenters. The lowest BCUT2D eigenvalue weighted by atomic mass is 10.1. The summed E-state index contributed by atoms with van der Waals surface area (Å²) in [7, 11) is 0. The van der Waals surface area contributed by atoms with E-state index in [9.17, 15) is 9.59 Å². The number of rotatable bonds is 4. The molecule has 2 aromatic carbocycles. The van der Waals surface area contributed by atoms with Crippen LogP contribution in [0.4, 0.5) is 5.69 Å². The van der Waals surface area contributed by atoms with Gasteiger partial charge in [0, 0.05) is 16.7 Å². The summed E-state index contributed by atoms with van der Waals surface area (Å²) in [4.78, 5) is 22.8. The molecule has 0 bridgehead atoms. The molecule has 0 saturated carbocycles. The summed E-state index contributed by atoms with van der Waals surface area (Å²) in [6.07, 6.45) is 0. The van der Waals surface area contributed by atoms with Gasteiger partial charge >= 0.3 is 5.97 Å². The summed E-state index contributed by atoms with van der Waals surface area (Å²) in [5, 5.41) is 11.6. The summed E-state index contributed by atoms with van der Waals surface area (Å²) in [6.45, 7) is 0.300. The van der Waals surface area contributed by atoms with E-state index in [0.717, 1.165) is 10.0 Å². The molecule has 0 saturated heterocycles. The topological polar surface area (TPSA) is 92.4 Å². The molecule has 4 N–H and O–H groups in total. The maximum atomic E-state index is 12.0. The Morgan fingerprint density at radius 3 is 2.38 bits per heavy atom. The number of hydrogen-bond acceptors (Lipinski definition) is 3. The largest absolute Gasteiger partial charge is 0.478 e. The third kappa shape index (κ3) is 3.82. The Labute approximate surface area is 129 Å². The molecule has 0 aliphatic rings. The smallest absolute Gasteiger partial charge is 0.335 e. The van der Waals surface area contributed by atoms with Crippen LogP contribution in [0.15, 0.2) is 46.9 Å². The Bertz CT molecular complexity index is 684. The Kier molecular flexibility index (Phi) is 4.59. The molecular formula is C15H13BrN2O3. The first-order chi connectivity index (χ1) is 9.97. The minimum Gasteiger partial charge on any atom is -0.478 e. The number of aromatic carboxylic acids is 1. The van der Waals surface area contributed by atoms with E-state index in [-0.39, 0.29) is 11.5 Å². The van der Waals surface area contributed by atoms with Gasteiger partial charge in [0.2, 0.25) is 0 Å². The molecule has 0 spiro atoms. The van der Waals surface area contributed by atoms with Crippen molar-refractivity contribution in [2.75, 3.05) is 5.73 Å². The van der Waals surface area contributed by atoms with Crippen LogP contribution < -0.4 is 11.1 Å². The third-order valence-corrected chi connectivity index (χ3v) is 3.41. The zero-order chi connectivity index (χ0) is 15.4. The lowest BCUT2D eigenvalue weighted by molar-refractivity contribution is 0.0696. The van der Waals surface area contributed by atoms with E-state index in [2.05, 4.69) is 21.2 Å². The van der Waals surface area contributed by atoms with Crippen LogP contribution >= 0.6 is 15.9 Å². The van der Waals surface area contributed by atoms with Crippen LogP contribution in [0.3, 0.4) is 0 Å². The van der Waals surface area contributed by atoms with Crippen LogP contribution in [0.2, 0.25) is 0 Å². The van der Waals surface area contributed by atoms with Crippen LogP contribution in [0.25, 0.3) is 0 Å². The average Bonchev–Trinajstić information content (AvgIpc) is 2.45. The van der Waals surface area contributed by atoms with E-state index in [1.165, 1.54) is 12.1 Å². The third-order valence-electron chi connectivity index (χ3n) is 2.91. The molecule has 5 nitrogen and oxygen atoms in total. The molecule has 2 rings (SSSR count). The van der Waals surface area contributed by atoms with Gasteiger partial charge in [0.25, 0.3) is 5.91 Å². The highest BCUT2D eigenvalue weighted by molar-refractivity contribution is 9.10. The van der Waals surface area contributed by atoms with Gasteiger partial charge in [0.1, 0.15) is 0 Å². The second-order valence-electron chi connectivity index (χ2n) is 4.42. The summed E-state index contributed by atoms with van der Waals surface area (Å²) in [5.74, 6) is -1.25. The van der Waals surface area contributed by atoms with E-state index < -0.39 is 5.97 Å². The zero-order valence-corrected chi connectivity index (χ0v) is 12.6. The van der Waals surface area contributed by atoms with Gasteiger partial charge in [-0.3, -0.25) is 4.79 Å². The van der Waals surface area contributed by atoms with Crippen molar-refractivity contribution >= 4 is 33.5 Å². The van der Waals surface area contributed by atoms with Gasteiger partial charge in [0.05, 0.1) is 11.1 Å². The molecule has 0 aliphatic carbocycles. The van der Waals surface area contributed by atoms with E-state index in [0.29, 0.717) is 17.8 Å². The molecule has 1 amide bonds. The van der Waals surface area contributed by atoms with Gasteiger partial charge in [0.15, 0.2) is 0 Å². The number of nitrogens with one attached hydrogen (secondary N) is 1. The predicted molar refractivity (Wildman–Crippen MR) is 83.1 cm³/mol. The summed E-state index contributed by atoms with van der Waals surface area (Å²) in [6, 6.07) is 11.4. The number of carbonyl (C=O) groups excluding carboxylic acids is 1. The van der Waals surface area contributed by atoms with Crippen LogP contribution in [-0.4, -0.2) is 17.0 Å². The van der Waals surface area contributed by atoms with Crippen molar-refractivity contribution in [3.8, 4) is 0 Å². The van der Waals surface area contributed by atoms with Crippen molar-refractivity contribution in [1.82, 2.24) is 5.32 Å². The fraction of sp³-hybridized carbons (Fsp3) is 0.0667. The van der Waals surface area contributed by atoms with Gasteiger partial charge in [-0.15, -0.1) is 0 Å². The number of benzene rings is 2. The molecule has 0 atom stereocenters. The molecular weight excluding hydrogens is 336 g/mol. The van der Waals surface area contributed by atoms with E-state index >= 15 is 0 Å². The fourth-order valence-electron chi connectivity index (χ4n) is 1.78. The Morgan fingerprint density at radius 1 is 1.14 bits per heavy atom. The van der Waals surface area contributed by atoms with Crippen molar-refractivity contribution in [2.45, 2.75) is 6.54 Å². The van der Waals surface area contributed by atoms with Crippen LogP contribution in [0, 0.1) is 0 Å². The van der Waals surface area contributed by atoms with E-state index in [1.807, 2.05) is 0 Å². The number of nitrogens with two attached hydrogens (primary N) is 1. The van der Waals surface area contributed by atoms with Crippen molar-refractivity contribution in [3.05, 3.63) is 63.6 Å². The van der Waals surface area contributed by atoms with Crippen LogP contribution in [-0.2, 0) is 6.54 Å². The number of nitrogen functional groups attached to an aromatic ring is 1. The van der Waals surface area contributed by atoms with Gasteiger partial charge in [-0.1, -0.05) is 28.1 Å². The van der Waals surface area contributed by atoms with Gasteiger partial charge in [-0.25, -0.2) is 4.79 Å². The molecule has 0 aliphatic heterocycles. The highest BCUT2D eigenvalue weighted by Crippen LogP contribution is 2.18. The van der Waals surface area contributed by atoms with Crippen LogP contribution in [0.5, 0.6) is 0 Å². The monoisotopic (exact) mass is 348 g/mol. The molecule has 0 heterocycles. The van der Waals surface area contributed by atoms with Crippen molar-refractivity contribution in [2.24, 2.45) is 0 Å². The molecule has 0 fully saturated rings. The van der Waals surface area contributed by atoms with Crippen LogP contribution in [0.1, 0.15) is 26.3 Å². The Hall–Kier alpha value is -2.34. The molecule has 0 radical (unpaired) electrons. The number of hydrogen-bond donors (Lipinski definition) is 3. The second kappa shape index (κ2) is 6.41. The molecule has 21 heavy (non-hydrogen) atoms. The lowest BCUT2D eigenvalue weighted by Crippen LogP contribution is -2.23. The van der Waals surface area contributed by atoms with Gasteiger partial charge < -0.3 is 16.2 Å². The number of carbonyl (C=O) groups is 2. The predicted octanol–water partition coefficient (Wildman–Crippen LogP) is 2.66. The standard InChI is InChI=1S/C15H13BrN2O3/c16-11-5-6-12(13(17)7-11)14(19)18-8-9-1-3-10(4-2-9)15(20)21/h1-7H,8,17H2,(H,18,19)(H,20,21). The lowest BCUT2D eigenvalue weighted by Gasteiger charge is -2.08. The number of halogens is 1. The quantitative estimate of drug-likeness (QED) is 0.740. The van der Waals surface area contributed by atoms with Crippen molar-refractivity contribution < 1.29 is 14.7 Å². The number of carboxylic acid groups (broad SMARTS) is 1. The van der Waals surface area contributed by atoms with Crippen molar-refractivity contribution in [1.29, 1.82) is 0 Å². The first-order valence-electron chi connectivity index (χ1n) is 6.13. The Morgan fingerprint density at radius 2 is 1.81 bits per heavy atom. The Balaban J connectivity index is 2.02.